The van der Waals surface area contributed by atoms with E-state index >= 15 is 0 Å². The Hall–Kier alpha value is 1.33. The van der Waals surface area contributed by atoms with Crippen molar-refractivity contribution < 1.29 is 62.7 Å². The molecular formula is C36H58Cl2Ge2Hf2. The third-order valence-electron chi connectivity index (χ3n) is 10.1. The van der Waals surface area contributed by atoms with Crippen LogP contribution in [0.15, 0.2) is 82.2 Å². The van der Waals surface area contributed by atoms with Gasteiger partial charge in [-0.05, 0) is 0 Å². The van der Waals surface area contributed by atoms with Crippen LogP contribution in [-0.4, -0.2) is 21.3 Å². The fraction of sp³-hybridized carbons (Fsp3) is 0.556. The van der Waals surface area contributed by atoms with Crippen molar-refractivity contribution in [3.8, 4) is 0 Å². The molecule has 0 aromatic heterocycles. The van der Waals surface area contributed by atoms with E-state index in [0.717, 1.165) is 23.7 Å². The Morgan fingerprint density at radius 3 is 0.667 bits per heavy atom. The largest absolute Gasteiger partial charge is 1.00 e. The third kappa shape index (κ3) is 8.42. The Labute approximate surface area is 292 Å². The smallest absolute Gasteiger partial charge is 1.00 e. The van der Waals surface area contributed by atoms with Crippen molar-refractivity contribution in [3.63, 3.8) is 0 Å². The first kappa shape index (κ1) is 41.3. The normalized spacial score (nSPS) is 25.4. The maximum absolute atomic E-state index is 2.66. The molecule has 0 amide bonds. The number of halogens is 2. The van der Waals surface area contributed by atoms with E-state index in [0.29, 0.717) is 0 Å². The molecule has 0 spiro atoms. The average molecular weight is 1060 g/mol. The first-order valence-corrected chi connectivity index (χ1v) is 56.7. The molecule has 232 valence electrons. The minimum atomic E-state index is -1.77. The predicted octanol–water partition coefficient (Wildman–Crippen LogP) is 4.66. The number of rotatable bonds is 6. The van der Waals surface area contributed by atoms with Gasteiger partial charge in [0.2, 0.25) is 0 Å². The summed E-state index contributed by atoms with van der Waals surface area (Å²) in [5, 5.41) is 0. The third-order valence-corrected chi connectivity index (χ3v) is 99.7. The molecule has 0 saturated carbocycles. The van der Waals surface area contributed by atoms with E-state index in [-0.39, 0.29) is 24.8 Å². The first-order chi connectivity index (χ1) is 18.5. The Morgan fingerprint density at radius 2 is 0.571 bits per heavy atom. The summed E-state index contributed by atoms with van der Waals surface area (Å²) in [6, 6.07) is 0. The summed E-state index contributed by atoms with van der Waals surface area (Å²) in [5.74, 6) is 13.6. The van der Waals surface area contributed by atoms with Gasteiger partial charge in [-0.1, -0.05) is 0 Å². The van der Waals surface area contributed by atoms with Crippen LogP contribution in [0.25, 0.3) is 0 Å². The zero-order chi connectivity index (χ0) is 30.4. The van der Waals surface area contributed by atoms with Crippen LogP contribution in [0.5, 0.6) is 0 Å². The molecule has 0 fully saturated rings. The summed E-state index contributed by atoms with van der Waals surface area (Å²) in [6.07, 6.45) is 10.1. The van der Waals surface area contributed by atoms with Crippen LogP contribution in [0.1, 0.15) is 83.1 Å². The Morgan fingerprint density at radius 1 is 0.405 bits per heavy atom. The average Bonchev–Trinajstić information content (AvgIpc) is 3.44. The molecule has 0 radical (unpaired) electrons. The Kier molecular flexibility index (Phi) is 16.7. The van der Waals surface area contributed by atoms with Gasteiger partial charge in [0.1, 0.15) is 0 Å². The second-order valence-corrected chi connectivity index (χ2v) is 100. The minimum absolute atomic E-state index is 0. The van der Waals surface area contributed by atoms with Gasteiger partial charge in [0.15, 0.2) is 0 Å². The summed E-state index contributed by atoms with van der Waals surface area (Å²) in [4.78, 5) is 0. The Bertz CT molecular complexity index is 1110. The number of hydrogen-bond donors (Lipinski definition) is 0. The van der Waals surface area contributed by atoms with Gasteiger partial charge >= 0.3 is 271 Å². The SMILES string of the molecule is CC1=CC(C)[C]([Hf+]([C]2=C(C)C(C)=CC2C)[GeH]([CH3])[CH3])=C1C.CC1=CC(C)[C]([Hf+]([C]2=C(C)C(C)=CC2C)[GeH]([CH3])[CH3])=C1C.[Cl-].[Cl-]. The van der Waals surface area contributed by atoms with Crippen molar-refractivity contribution in [3.05, 3.63) is 82.2 Å². The van der Waals surface area contributed by atoms with Crippen molar-refractivity contribution in [2.24, 2.45) is 23.7 Å². The van der Waals surface area contributed by atoms with Crippen LogP contribution < -0.4 is 24.8 Å². The van der Waals surface area contributed by atoms with E-state index in [1.807, 2.05) is 13.3 Å². The Balaban J connectivity index is 0.000000401. The van der Waals surface area contributed by atoms with Gasteiger partial charge in [0.05, 0.1) is 0 Å². The standard InChI is InChI=1S/4C8H11.2C2H7Ge.2ClH.2Hf/c4*1-6-4-7(2)8(3)5-6;2*1-3-2;;;;/h4*4,6H,1-3H3;2*3H,1-2H3;2*1H;;/q;;;;;;;;2*+1/p-2. The van der Waals surface area contributed by atoms with Gasteiger partial charge in [-0.25, -0.2) is 0 Å². The summed E-state index contributed by atoms with van der Waals surface area (Å²) in [7, 11) is -2.15. The molecule has 6 heteroatoms. The molecule has 4 atom stereocenters. The second kappa shape index (κ2) is 16.9. The van der Waals surface area contributed by atoms with Crippen LogP contribution in [-0.2, 0) is 37.9 Å². The number of hydrogen-bond acceptors (Lipinski definition) is 0. The van der Waals surface area contributed by atoms with Gasteiger partial charge in [-0.3, -0.25) is 0 Å². The summed E-state index contributed by atoms with van der Waals surface area (Å²) in [6.45, 7) is 28.6. The van der Waals surface area contributed by atoms with Crippen LogP contribution in [0.4, 0.5) is 0 Å². The van der Waals surface area contributed by atoms with Crippen LogP contribution in [0.2, 0.25) is 23.0 Å². The van der Waals surface area contributed by atoms with E-state index in [9.17, 15) is 0 Å². The molecule has 0 aromatic carbocycles. The molecule has 0 N–H and O–H groups in total. The van der Waals surface area contributed by atoms with E-state index in [1.54, 1.807) is 44.6 Å². The monoisotopic (exact) mass is 1070 g/mol. The quantitative estimate of drug-likeness (QED) is 0.340. The molecule has 0 aromatic rings. The van der Waals surface area contributed by atoms with Crippen LogP contribution in [0, 0.1) is 23.7 Å². The van der Waals surface area contributed by atoms with Gasteiger partial charge < -0.3 is 24.8 Å². The predicted molar refractivity (Wildman–Crippen MR) is 180 cm³/mol. The van der Waals surface area contributed by atoms with Crippen molar-refractivity contribution in [1.82, 2.24) is 0 Å². The zero-order valence-electron chi connectivity index (χ0n) is 29.5. The maximum Gasteiger partial charge on any atom is -1.00 e. The van der Waals surface area contributed by atoms with Crippen molar-refractivity contribution in [2.45, 2.75) is 106 Å². The molecule has 4 aliphatic rings. The minimum Gasteiger partial charge on any atom is -1.00 e. The first-order valence-electron chi connectivity index (χ1n) is 15.8. The van der Waals surface area contributed by atoms with Crippen LogP contribution in [0.3, 0.4) is 0 Å². The number of allylic oxidation sites excluding steroid dienone is 16. The van der Waals surface area contributed by atoms with E-state index < -0.39 is 59.2 Å². The molecular weight excluding hydrogens is 1010 g/mol. The van der Waals surface area contributed by atoms with Gasteiger partial charge in [-0.2, -0.15) is 0 Å². The molecule has 0 aliphatic heterocycles. The van der Waals surface area contributed by atoms with Gasteiger partial charge in [-0.15, -0.1) is 0 Å². The molecule has 42 heavy (non-hydrogen) atoms. The van der Waals surface area contributed by atoms with Crippen LogP contribution >= 0.6 is 0 Å². The molecule has 0 nitrogen and oxygen atoms in total. The summed E-state index contributed by atoms with van der Waals surface area (Å²) >= 11 is -3.53. The second-order valence-electron chi connectivity index (χ2n) is 13.8. The van der Waals surface area contributed by atoms with Gasteiger partial charge in [0.25, 0.3) is 0 Å². The molecule has 4 rings (SSSR count). The molecule has 4 aliphatic carbocycles. The fourth-order valence-corrected chi connectivity index (χ4v) is 111. The van der Waals surface area contributed by atoms with Crippen molar-refractivity contribution >= 4 is 21.3 Å². The van der Waals surface area contributed by atoms with Crippen molar-refractivity contribution in [1.29, 1.82) is 0 Å². The fourth-order valence-electron chi connectivity index (χ4n) is 7.87. The molecule has 0 bridgehead atoms. The topological polar surface area (TPSA) is 0 Å². The van der Waals surface area contributed by atoms with E-state index in [2.05, 4.69) is 130 Å². The molecule has 0 saturated heterocycles. The zero-order valence-corrected chi connectivity index (χ0v) is 43.1. The maximum atomic E-state index is 2.66. The summed E-state index contributed by atoms with van der Waals surface area (Å²) < 4.78 is 7.86. The van der Waals surface area contributed by atoms with Gasteiger partial charge in [0, 0.05) is 0 Å². The van der Waals surface area contributed by atoms with Crippen molar-refractivity contribution in [2.75, 3.05) is 0 Å². The van der Waals surface area contributed by atoms with E-state index in [1.165, 1.54) is 0 Å². The van der Waals surface area contributed by atoms with E-state index in [4.69, 9.17) is 0 Å². The molecule has 0 heterocycles. The summed E-state index contributed by atoms with van der Waals surface area (Å²) in [5.41, 5.74) is 13.0. The molecule has 4 unspecified atom stereocenters.